The molecular weight excluding hydrogens is 268 g/mol. The van der Waals surface area contributed by atoms with Crippen molar-refractivity contribution in [2.24, 2.45) is 0 Å². The molecule has 8 nitrogen and oxygen atoms in total. The number of carbonyl (C=O) groups is 1. The van der Waals surface area contributed by atoms with Gasteiger partial charge in [-0.3, -0.25) is 14.9 Å². The molecule has 1 saturated heterocycles. The summed E-state index contributed by atoms with van der Waals surface area (Å²) in [4.78, 5) is 23.0. The number of hydrogen-bond acceptors (Lipinski definition) is 6. The van der Waals surface area contributed by atoms with Crippen molar-refractivity contribution < 1.29 is 24.7 Å². The highest BCUT2D eigenvalue weighted by Gasteiger charge is 2.32. The number of hydrogen-bond donors (Lipinski definition) is 2. The number of amides is 1. The average molecular weight is 282 g/mol. The largest absolute Gasteiger partial charge is 0.484 e. The van der Waals surface area contributed by atoms with Crippen LogP contribution in [0.5, 0.6) is 5.75 Å². The molecule has 8 heteroatoms. The zero-order valence-electron chi connectivity index (χ0n) is 10.5. The Balaban J connectivity index is 1.86. The van der Waals surface area contributed by atoms with E-state index in [1.807, 2.05) is 0 Å². The van der Waals surface area contributed by atoms with E-state index in [0.717, 1.165) is 0 Å². The summed E-state index contributed by atoms with van der Waals surface area (Å²) in [6.45, 7) is -0.107. The van der Waals surface area contributed by atoms with Crippen molar-refractivity contribution >= 4 is 11.6 Å². The maximum atomic E-state index is 11.8. The van der Waals surface area contributed by atoms with Crippen LogP contribution >= 0.6 is 0 Å². The van der Waals surface area contributed by atoms with Gasteiger partial charge in [0.25, 0.3) is 11.6 Å². The summed E-state index contributed by atoms with van der Waals surface area (Å²) in [6.07, 6.45) is -1.86. The van der Waals surface area contributed by atoms with Crippen molar-refractivity contribution in [2.75, 3.05) is 19.7 Å². The molecule has 0 saturated carbocycles. The van der Waals surface area contributed by atoms with Gasteiger partial charge in [-0.2, -0.15) is 0 Å². The highest BCUT2D eigenvalue weighted by molar-refractivity contribution is 5.78. The molecule has 2 atom stereocenters. The third-order valence-electron chi connectivity index (χ3n) is 3.02. The SMILES string of the molecule is O=C(COc1ccc([N+](=O)[O-])cc1)N1CC(O)C(O)C1. The summed E-state index contributed by atoms with van der Waals surface area (Å²) in [5, 5.41) is 29.1. The summed E-state index contributed by atoms with van der Waals surface area (Å²) in [5.41, 5.74) is -0.0607. The molecule has 0 radical (unpaired) electrons. The molecule has 0 aromatic heterocycles. The fraction of sp³-hybridized carbons (Fsp3) is 0.417. The fourth-order valence-corrected chi connectivity index (χ4v) is 1.87. The molecule has 1 aliphatic rings. The summed E-state index contributed by atoms with van der Waals surface area (Å²) in [7, 11) is 0. The lowest BCUT2D eigenvalue weighted by Gasteiger charge is -2.15. The van der Waals surface area contributed by atoms with Gasteiger partial charge >= 0.3 is 0 Å². The third kappa shape index (κ3) is 3.22. The van der Waals surface area contributed by atoms with Crippen LogP contribution in [-0.4, -0.2) is 57.8 Å². The number of nitrogens with zero attached hydrogens (tertiary/aromatic N) is 2. The lowest BCUT2D eigenvalue weighted by atomic mass is 10.3. The van der Waals surface area contributed by atoms with Crippen molar-refractivity contribution in [1.82, 2.24) is 4.90 Å². The number of β-amino-alcohol motifs (C(OH)–C–C–N with tert-alkyl or cyclic N) is 2. The van der Waals surface area contributed by atoms with Gasteiger partial charge in [-0.1, -0.05) is 0 Å². The standard InChI is InChI=1S/C12H14N2O6/c15-10-5-13(6-11(10)16)12(17)7-20-9-3-1-8(2-4-9)14(18)19/h1-4,10-11,15-16H,5-7H2. The highest BCUT2D eigenvalue weighted by atomic mass is 16.6. The van der Waals surface area contributed by atoms with E-state index in [-0.39, 0.29) is 31.3 Å². The van der Waals surface area contributed by atoms with Crippen LogP contribution in [0.3, 0.4) is 0 Å². The molecule has 2 rings (SSSR count). The minimum absolute atomic E-state index is 0.0607. The van der Waals surface area contributed by atoms with Gasteiger partial charge in [-0.15, -0.1) is 0 Å². The van der Waals surface area contributed by atoms with Gasteiger partial charge in [-0.05, 0) is 12.1 Å². The minimum Gasteiger partial charge on any atom is -0.484 e. The zero-order chi connectivity index (χ0) is 14.7. The van der Waals surface area contributed by atoms with E-state index >= 15 is 0 Å². The lowest BCUT2D eigenvalue weighted by Crippen LogP contribution is -2.33. The first kappa shape index (κ1) is 14.2. The number of nitro groups is 1. The lowest BCUT2D eigenvalue weighted by molar-refractivity contribution is -0.384. The summed E-state index contributed by atoms with van der Waals surface area (Å²) in [6, 6.07) is 5.37. The van der Waals surface area contributed by atoms with E-state index < -0.39 is 17.1 Å². The fourth-order valence-electron chi connectivity index (χ4n) is 1.87. The Hall–Kier alpha value is -2.19. The third-order valence-corrected chi connectivity index (χ3v) is 3.02. The van der Waals surface area contributed by atoms with Crippen LogP contribution in [0.25, 0.3) is 0 Å². The van der Waals surface area contributed by atoms with E-state index in [4.69, 9.17) is 4.74 Å². The molecule has 2 unspecified atom stereocenters. The molecule has 20 heavy (non-hydrogen) atoms. The Morgan fingerprint density at radius 1 is 1.30 bits per heavy atom. The topological polar surface area (TPSA) is 113 Å². The van der Waals surface area contributed by atoms with Crippen LogP contribution in [0.4, 0.5) is 5.69 Å². The minimum atomic E-state index is -0.932. The average Bonchev–Trinajstić information content (AvgIpc) is 2.76. The van der Waals surface area contributed by atoms with Crippen LogP contribution in [0.1, 0.15) is 0 Å². The quantitative estimate of drug-likeness (QED) is 0.570. The van der Waals surface area contributed by atoms with Crippen LogP contribution in [0, 0.1) is 10.1 Å². The summed E-state index contributed by atoms with van der Waals surface area (Å²) in [5.74, 6) is -0.0248. The maximum absolute atomic E-state index is 11.8. The Morgan fingerprint density at radius 3 is 2.35 bits per heavy atom. The molecule has 0 spiro atoms. The van der Waals surface area contributed by atoms with Crippen LogP contribution < -0.4 is 4.74 Å². The number of ether oxygens (including phenoxy) is 1. The second-order valence-electron chi connectivity index (χ2n) is 4.47. The molecule has 2 N–H and O–H groups in total. The number of rotatable bonds is 4. The predicted octanol–water partition coefficient (Wildman–Crippen LogP) is -0.462. The number of carbonyl (C=O) groups excluding carboxylic acids is 1. The van der Waals surface area contributed by atoms with E-state index in [9.17, 15) is 25.1 Å². The van der Waals surface area contributed by atoms with Crippen LogP contribution in [0.15, 0.2) is 24.3 Å². The molecule has 1 amide bonds. The van der Waals surface area contributed by atoms with Gasteiger partial charge in [0.2, 0.25) is 0 Å². The number of aliphatic hydroxyl groups excluding tert-OH is 2. The molecule has 1 aromatic rings. The van der Waals surface area contributed by atoms with E-state index in [2.05, 4.69) is 0 Å². The van der Waals surface area contributed by atoms with Gasteiger partial charge in [0, 0.05) is 25.2 Å². The molecule has 1 fully saturated rings. The van der Waals surface area contributed by atoms with Gasteiger partial charge in [0.15, 0.2) is 6.61 Å². The van der Waals surface area contributed by atoms with E-state index in [0.29, 0.717) is 5.75 Å². The van der Waals surface area contributed by atoms with Crippen LogP contribution in [-0.2, 0) is 4.79 Å². The summed E-state index contributed by atoms with van der Waals surface area (Å²) < 4.78 is 5.21. The van der Waals surface area contributed by atoms with E-state index in [1.54, 1.807) is 0 Å². The van der Waals surface area contributed by atoms with Crippen molar-refractivity contribution in [3.8, 4) is 5.75 Å². The van der Waals surface area contributed by atoms with Crippen molar-refractivity contribution in [3.63, 3.8) is 0 Å². The Labute approximate surface area is 114 Å². The second kappa shape index (κ2) is 5.85. The van der Waals surface area contributed by atoms with Crippen LogP contribution in [0.2, 0.25) is 0 Å². The number of nitro benzene ring substituents is 1. The number of aliphatic hydroxyl groups is 2. The second-order valence-corrected chi connectivity index (χ2v) is 4.47. The number of likely N-dealkylation sites (tertiary alicyclic amines) is 1. The molecule has 108 valence electrons. The maximum Gasteiger partial charge on any atom is 0.269 e. The monoisotopic (exact) mass is 282 g/mol. The van der Waals surface area contributed by atoms with Gasteiger partial charge < -0.3 is 19.8 Å². The van der Waals surface area contributed by atoms with Crippen molar-refractivity contribution in [2.45, 2.75) is 12.2 Å². The molecule has 0 bridgehead atoms. The summed E-state index contributed by atoms with van der Waals surface area (Å²) >= 11 is 0. The first-order valence-corrected chi connectivity index (χ1v) is 5.98. The molecule has 1 heterocycles. The van der Waals surface area contributed by atoms with Gasteiger partial charge in [-0.25, -0.2) is 0 Å². The van der Waals surface area contributed by atoms with Crippen molar-refractivity contribution in [3.05, 3.63) is 34.4 Å². The van der Waals surface area contributed by atoms with Gasteiger partial charge in [0.05, 0.1) is 17.1 Å². The molecule has 0 aliphatic carbocycles. The van der Waals surface area contributed by atoms with E-state index in [1.165, 1.54) is 29.2 Å². The Bertz CT molecular complexity index is 493. The first-order valence-electron chi connectivity index (χ1n) is 5.98. The molecular formula is C12H14N2O6. The normalized spacial score (nSPS) is 21.8. The number of benzene rings is 1. The van der Waals surface area contributed by atoms with Crippen molar-refractivity contribution in [1.29, 1.82) is 0 Å². The molecule has 1 aromatic carbocycles. The smallest absolute Gasteiger partial charge is 0.269 e. The Morgan fingerprint density at radius 2 is 1.85 bits per heavy atom. The number of non-ortho nitro benzene ring substituents is 1. The predicted molar refractivity (Wildman–Crippen MR) is 67.2 cm³/mol. The zero-order valence-corrected chi connectivity index (χ0v) is 10.5. The first-order chi connectivity index (χ1) is 9.47. The Kier molecular flexibility index (Phi) is 4.16. The van der Waals surface area contributed by atoms with Gasteiger partial charge in [0.1, 0.15) is 5.75 Å². The highest BCUT2D eigenvalue weighted by Crippen LogP contribution is 2.17. The molecule has 1 aliphatic heterocycles.